The highest BCUT2D eigenvalue weighted by Crippen LogP contribution is 2.32. The summed E-state index contributed by atoms with van der Waals surface area (Å²) in [6.07, 6.45) is 4.83. The Hall–Kier alpha value is -2.00. The van der Waals surface area contributed by atoms with Crippen molar-refractivity contribution < 1.29 is 14.0 Å². The molecule has 0 saturated carbocycles. The van der Waals surface area contributed by atoms with Gasteiger partial charge in [-0.2, -0.15) is 4.37 Å². The standard InChI is InChI=1S/C15H20N4O3S2/c1-2-3-4-8-23-14-11(12(16)20)13(24-19-14)18-15(21)17-9-10-6-5-7-22-10/h5-7H,2-4,8-9H2,1H3,(H2,16,20)(H2,17,18,21). The van der Waals surface area contributed by atoms with Crippen LogP contribution in [0.2, 0.25) is 0 Å². The second kappa shape index (κ2) is 9.33. The van der Waals surface area contributed by atoms with Gasteiger partial charge >= 0.3 is 6.03 Å². The lowest BCUT2D eigenvalue weighted by Crippen LogP contribution is -2.28. The van der Waals surface area contributed by atoms with Crippen LogP contribution in [0.4, 0.5) is 9.80 Å². The number of amides is 3. The summed E-state index contributed by atoms with van der Waals surface area (Å²) in [7, 11) is 0. The van der Waals surface area contributed by atoms with Crippen molar-refractivity contribution in [1.82, 2.24) is 9.69 Å². The quantitative estimate of drug-likeness (QED) is 0.464. The number of hydrogen-bond acceptors (Lipinski definition) is 6. The van der Waals surface area contributed by atoms with Crippen LogP contribution in [0.5, 0.6) is 0 Å². The SMILES string of the molecule is CCCCCSc1nsc(NC(=O)NCc2ccco2)c1C(N)=O. The number of primary amides is 1. The van der Waals surface area contributed by atoms with E-state index in [1.54, 1.807) is 12.1 Å². The molecule has 0 atom stereocenters. The Labute approximate surface area is 148 Å². The summed E-state index contributed by atoms with van der Waals surface area (Å²) in [5.41, 5.74) is 5.72. The Morgan fingerprint density at radius 3 is 2.92 bits per heavy atom. The van der Waals surface area contributed by atoms with E-state index >= 15 is 0 Å². The van der Waals surface area contributed by atoms with E-state index in [1.807, 2.05) is 0 Å². The van der Waals surface area contributed by atoms with Gasteiger partial charge in [0.15, 0.2) is 0 Å². The monoisotopic (exact) mass is 368 g/mol. The van der Waals surface area contributed by atoms with Gasteiger partial charge in [-0.3, -0.25) is 10.1 Å². The number of urea groups is 1. The summed E-state index contributed by atoms with van der Waals surface area (Å²) in [5.74, 6) is 0.905. The zero-order valence-electron chi connectivity index (χ0n) is 13.3. The third-order valence-corrected chi connectivity index (χ3v) is 5.06. The van der Waals surface area contributed by atoms with Crippen LogP contribution >= 0.6 is 23.3 Å². The number of nitrogens with zero attached hydrogens (tertiary/aromatic N) is 1. The molecule has 9 heteroatoms. The van der Waals surface area contributed by atoms with E-state index in [-0.39, 0.29) is 12.1 Å². The van der Waals surface area contributed by atoms with E-state index in [2.05, 4.69) is 21.9 Å². The Morgan fingerprint density at radius 2 is 2.25 bits per heavy atom. The number of thioether (sulfide) groups is 1. The maximum absolute atomic E-state index is 11.9. The smallest absolute Gasteiger partial charge is 0.320 e. The lowest BCUT2D eigenvalue weighted by molar-refractivity contribution is 0.0998. The average Bonchev–Trinajstić information content (AvgIpc) is 3.19. The molecular formula is C15H20N4O3S2. The molecule has 130 valence electrons. The summed E-state index contributed by atoms with van der Waals surface area (Å²) >= 11 is 2.54. The summed E-state index contributed by atoms with van der Waals surface area (Å²) in [5, 5.41) is 6.20. The van der Waals surface area contributed by atoms with Gasteiger partial charge in [0.1, 0.15) is 21.4 Å². The average molecular weight is 368 g/mol. The molecule has 0 fully saturated rings. The molecule has 0 aliphatic rings. The third kappa shape index (κ3) is 5.27. The molecule has 2 rings (SSSR count). The molecule has 0 aliphatic heterocycles. The lowest BCUT2D eigenvalue weighted by atomic mass is 10.3. The van der Waals surface area contributed by atoms with Crippen LogP contribution in [0.15, 0.2) is 27.8 Å². The molecule has 0 saturated heterocycles. The van der Waals surface area contributed by atoms with E-state index in [1.165, 1.54) is 18.0 Å². The predicted octanol–water partition coefficient (Wildman–Crippen LogP) is 3.44. The molecule has 0 radical (unpaired) electrons. The van der Waals surface area contributed by atoms with Gasteiger partial charge in [0.2, 0.25) is 0 Å². The van der Waals surface area contributed by atoms with Crippen molar-refractivity contribution in [3.8, 4) is 0 Å². The van der Waals surface area contributed by atoms with Gasteiger partial charge in [-0.1, -0.05) is 19.8 Å². The van der Waals surface area contributed by atoms with Gasteiger partial charge in [0, 0.05) is 0 Å². The van der Waals surface area contributed by atoms with E-state index in [0.717, 1.165) is 36.5 Å². The summed E-state index contributed by atoms with van der Waals surface area (Å²) in [6.45, 7) is 2.38. The Morgan fingerprint density at radius 1 is 1.42 bits per heavy atom. The van der Waals surface area contributed by atoms with Crippen molar-refractivity contribution in [3.05, 3.63) is 29.7 Å². The number of hydrogen-bond donors (Lipinski definition) is 3. The Balaban J connectivity index is 1.94. The molecule has 2 aromatic heterocycles. The van der Waals surface area contributed by atoms with Crippen LogP contribution in [0, 0.1) is 0 Å². The number of carbonyl (C=O) groups excluding carboxylic acids is 2. The van der Waals surface area contributed by atoms with Crippen LogP contribution in [0.1, 0.15) is 42.3 Å². The van der Waals surface area contributed by atoms with E-state index in [9.17, 15) is 9.59 Å². The number of nitrogens with two attached hydrogens (primary N) is 1. The van der Waals surface area contributed by atoms with Gasteiger partial charge in [0.25, 0.3) is 5.91 Å². The second-order valence-electron chi connectivity index (χ2n) is 5.00. The van der Waals surface area contributed by atoms with Gasteiger partial charge < -0.3 is 15.5 Å². The van der Waals surface area contributed by atoms with Crippen LogP contribution in [0.3, 0.4) is 0 Å². The number of carbonyl (C=O) groups is 2. The maximum Gasteiger partial charge on any atom is 0.320 e. The number of aromatic nitrogens is 1. The highest BCUT2D eigenvalue weighted by Gasteiger charge is 2.20. The van der Waals surface area contributed by atoms with Crippen molar-refractivity contribution in [1.29, 1.82) is 0 Å². The highest BCUT2D eigenvalue weighted by atomic mass is 32.2. The maximum atomic E-state index is 11.9. The fraction of sp³-hybridized carbons (Fsp3) is 0.400. The first-order chi connectivity index (χ1) is 11.6. The number of nitrogens with one attached hydrogen (secondary N) is 2. The van der Waals surface area contributed by atoms with Crippen molar-refractivity contribution >= 4 is 40.2 Å². The zero-order chi connectivity index (χ0) is 17.4. The van der Waals surface area contributed by atoms with Gasteiger partial charge in [0.05, 0.1) is 12.8 Å². The van der Waals surface area contributed by atoms with E-state index in [4.69, 9.17) is 10.2 Å². The minimum atomic E-state index is -0.594. The molecule has 2 heterocycles. The van der Waals surface area contributed by atoms with Crippen molar-refractivity contribution in [2.45, 2.75) is 37.8 Å². The molecule has 0 spiro atoms. The number of anilines is 1. The molecule has 4 N–H and O–H groups in total. The van der Waals surface area contributed by atoms with E-state index < -0.39 is 11.9 Å². The molecule has 2 aromatic rings. The summed E-state index contributed by atoms with van der Waals surface area (Å²) in [4.78, 5) is 23.7. The van der Waals surface area contributed by atoms with Crippen LogP contribution in [-0.4, -0.2) is 22.1 Å². The highest BCUT2D eigenvalue weighted by molar-refractivity contribution is 7.99. The molecule has 24 heavy (non-hydrogen) atoms. The number of unbranched alkanes of at least 4 members (excludes halogenated alkanes) is 2. The Bertz CT molecular complexity index is 670. The van der Waals surface area contributed by atoms with Crippen molar-refractivity contribution in [2.75, 3.05) is 11.1 Å². The zero-order valence-corrected chi connectivity index (χ0v) is 15.0. The summed E-state index contributed by atoms with van der Waals surface area (Å²) < 4.78 is 9.38. The van der Waals surface area contributed by atoms with E-state index in [0.29, 0.717) is 15.8 Å². The lowest BCUT2D eigenvalue weighted by Gasteiger charge is -2.06. The van der Waals surface area contributed by atoms with Gasteiger partial charge in [-0.05, 0) is 35.8 Å². The second-order valence-corrected chi connectivity index (χ2v) is 6.86. The minimum Gasteiger partial charge on any atom is -0.467 e. The van der Waals surface area contributed by atoms with Crippen LogP contribution < -0.4 is 16.4 Å². The normalized spacial score (nSPS) is 10.5. The Kier molecular flexibility index (Phi) is 7.13. The van der Waals surface area contributed by atoms with Gasteiger partial charge in [-0.25, -0.2) is 4.79 Å². The molecule has 0 bridgehead atoms. The fourth-order valence-corrected chi connectivity index (χ4v) is 3.89. The third-order valence-electron chi connectivity index (χ3n) is 3.12. The van der Waals surface area contributed by atoms with Crippen molar-refractivity contribution in [2.24, 2.45) is 5.73 Å². The molecule has 3 amide bonds. The number of rotatable bonds is 9. The largest absolute Gasteiger partial charge is 0.467 e. The molecular weight excluding hydrogens is 348 g/mol. The molecule has 0 unspecified atom stereocenters. The minimum absolute atomic E-state index is 0.252. The summed E-state index contributed by atoms with van der Waals surface area (Å²) in [6, 6.07) is 3.05. The first kappa shape index (κ1) is 18.3. The van der Waals surface area contributed by atoms with Crippen molar-refractivity contribution in [3.63, 3.8) is 0 Å². The predicted molar refractivity (Wildman–Crippen MR) is 95.4 cm³/mol. The first-order valence-corrected chi connectivity index (χ1v) is 9.37. The molecule has 0 aromatic carbocycles. The fourth-order valence-electron chi connectivity index (χ4n) is 1.93. The number of furan rings is 1. The van der Waals surface area contributed by atoms with Crippen LogP contribution in [-0.2, 0) is 6.54 Å². The molecule has 7 nitrogen and oxygen atoms in total. The first-order valence-electron chi connectivity index (χ1n) is 7.61. The van der Waals surface area contributed by atoms with Gasteiger partial charge in [-0.15, -0.1) is 11.8 Å². The van der Waals surface area contributed by atoms with Crippen LogP contribution in [0.25, 0.3) is 0 Å². The molecule has 0 aliphatic carbocycles. The topological polar surface area (TPSA) is 110 Å².